The fourth-order valence-corrected chi connectivity index (χ4v) is 3.43. The second kappa shape index (κ2) is 8.08. The summed E-state index contributed by atoms with van der Waals surface area (Å²) in [6.45, 7) is 1.63. The van der Waals surface area contributed by atoms with Crippen molar-refractivity contribution in [2.75, 3.05) is 18.8 Å². The molecule has 1 aliphatic heterocycles. The van der Waals surface area contributed by atoms with Crippen molar-refractivity contribution in [3.63, 3.8) is 0 Å². The number of nitrogens with zero attached hydrogens (tertiary/aromatic N) is 1. The van der Waals surface area contributed by atoms with Crippen molar-refractivity contribution >= 4 is 23.6 Å². The lowest BCUT2D eigenvalue weighted by Crippen LogP contribution is -2.37. The number of carbonyl (C=O) groups excluding carboxylic acids is 1. The SMILES string of the molecule is O=C(O)C(Cc1ccccc1)SCC(=O)N1CCCCC1. The molecule has 1 unspecified atom stereocenters. The molecule has 1 aromatic carbocycles. The van der Waals surface area contributed by atoms with Crippen LogP contribution in [0.3, 0.4) is 0 Å². The predicted octanol–water partition coefficient (Wildman–Crippen LogP) is 2.43. The van der Waals surface area contributed by atoms with Gasteiger partial charge in [0.25, 0.3) is 0 Å². The van der Waals surface area contributed by atoms with Crippen LogP contribution in [-0.4, -0.2) is 46.0 Å². The van der Waals surface area contributed by atoms with Crippen LogP contribution in [0.1, 0.15) is 24.8 Å². The van der Waals surface area contributed by atoms with E-state index in [2.05, 4.69) is 0 Å². The summed E-state index contributed by atoms with van der Waals surface area (Å²) in [6.07, 6.45) is 3.75. The second-order valence-corrected chi connectivity index (χ2v) is 6.46. The maximum Gasteiger partial charge on any atom is 0.316 e. The average Bonchev–Trinajstić information content (AvgIpc) is 2.52. The number of likely N-dealkylation sites (tertiary alicyclic amines) is 1. The van der Waals surface area contributed by atoms with Gasteiger partial charge in [0.15, 0.2) is 0 Å². The molecule has 0 aliphatic carbocycles. The minimum Gasteiger partial charge on any atom is -0.480 e. The zero-order valence-electron chi connectivity index (χ0n) is 12.0. The molecular weight excluding hydrogens is 286 g/mol. The van der Waals surface area contributed by atoms with Gasteiger partial charge >= 0.3 is 5.97 Å². The van der Waals surface area contributed by atoms with Crippen molar-refractivity contribution in [2.45, 2.75) is 30.9 Å². The molecule has 114 valence electrons. The maximum absolute atomic E-state index is 12.1. The number of piperidine rings is 1. The topological polar surface area (TPSA) is 57.6 Å². The van der Waals surface area contributed by atoms with E-state index in [1.165, 1.54) is 18.2 Å². The van der Waals surface area contributed by atoms with E-state index in [4.69, 9.17) is 0 Å². The predicted molar refractivity (Wildman–Crippen MR) is 84.5 cm³/mol. The minimum absolute atomic E-state index is 0.0685. The molecule has 0 bridgehead atoms. The number of thioether (sulfide) groups is 1. The fourth-order valence-electron chi connectivity index (χ4n) is 2.45. The molecule has 1 aliphatic rings. The summed E-state index contributed by atoms with van der Waals surface area (Å²) in [6, 6.07) is 9.55. The Morgan fingerprint density at radius 2 is 1.81 bits per heavy atom. The lowest BCUT2D eigenvalue weighted by atomic mass is 10.1. The first-order valence-electron chi connectivity index (χ1n) is 7.33. The third-order valence-corrected chi connectivity index (χ3v) is 4.84. The maximum atomic E-state index is 12.1. The van der Waals surface area contributed by atoms with Crippen LogP contribution in [0.4, 0.5) is 0 Å². The summed E-state index contributed by atoms with van der Waals surface area (Å²) in [5, 5.41) is 8.74. The Labute approximate surface area is 129 Å². The van der Waals surface area contributed by atoms with Crippen LogP contribution in [0.15, 0.2) is 30.3 Å². The van der Waals surface area contributed by atoms with Gasteiger partial charge in [-0.25, -0.2) is 0 Å². The Bertz CT molecular complexity index is 472. The van der Waals surface area contributed by atoms with Crippen molar-refractivity contribution < 1.29 is 14.7 Å². The van der Waals surface area contributed by atoms with Crippen LogP contribution in [0.2, 0.25) is 0 Å². The van der Waals surface area contributed by atoms with Crippen LogP contribution in [0.5, 0.6) is 0 Å². The summed E-state index contributed by atoms with van der Waals surface area (Å²) < 4.78 is 0. The third kappa shape index (κ3) is 5.08. The standard InChI is InChI=1S/C16H21NO3S/c18-15(17-9-5-2-6-10-17)12-21-14(16(19)20)11-13-7-3-1-4-8-13/h1,3-4,7-8,14H,2,5-6,9-12H2,(H,19,20). The van der Waals surface area contributed by atoms with E-state index < -0.39 is 11.2 Å². The van der Waals surface area contributed by atoms with Gasteiger partial charge in [-0.15, -0.1) is 11.8 Å². The van der Waals surface area contributed by atoms with E-state index >= 15 is 0 Å². The van der Waals surface area contributed by atoms with Gasteiger partial charge in [0.1, 0.15) is 5.25 Å². The minimum atomic E-state index is -0.852. The number of hydrogen-bond acceptors (Lipinski definition) is 3. The molecule has 1 saturated heterocycles. The monoisotopic (exact) mass is 307 g/mol. The number of carboxylic acids is 1. The van der Waals surface area contributed by atoms with Crippen LogP contribution in [-0.2, 0) is 16.0 Å². The summed E-state index contributed by atoms with van der Waals surface area (Å²) in [5.41, 5.74) is 0.989. The van der Waals surface area contributed by atoms with E-state index in [1.807, 2.05) is 35.2 Å². The number of carbonyl (C=O) groups is 2. The zero-order valence-corrected chi connectivity index (χ0v) is 12.8. The number of hydrogen-bond donors (Lipinski definition) is 1. The molecule has 0 saturated carbocycles. The van der Waals surface area contributed by atoms with Gasteiger partial charge in [-0.05, 0) is 31.2 Å². The molecule has 1 heterocycles. The largest absolute Gasteiger partial charge is 0.480 e. The molecule has 0 spiro atoms. The van der Waals surface area contributed by atoms with Crippen LogP contribution in [0.25, 0.3) is 0 Å². The van der Waals surface area contributed by atoms with Gasteiger partial charge in [-0.1, -0.05) is 30.3 Å². The molecule has 0 aromatic heterocycles. The second-order valence-electron chi connectivity index (χ2n) is 5.27. The zero-order chi connectivity index (χ0) is 15.1. The average molecular weight is 307 g/mol. The summed E-state index contributed by atoms with van der Waals surface area (Å²) in [5.74, 6) is -0.529. The molecule has 4 nitrogen and oxygen atoms in total. The molecule has 5 heteroatoms. The highest BCUT2D eigenvalue weighted by Gasteiger charge is 2.22. The molecule has 1 atom stereocenters. The molecule has 2 rings (SSSR count). The molecular formula is C16H21NO3S. The molecule has 0 radical (unpaired) electrons. The third-order valence-electron chi connectivity index (χ3n) is 3.66. The van der Waals surface area contributed by atoms with Gasteiger partial charge < -0.3 is 10.0 Å². The van der Waals surface area contributed by atoms with E-state index in [-0.39, 0.29) is 11.7 Å². The van der Waals surface area contributed by atoms with Crippen LogP contribution in [0, 0.1) is 0 Å². The Kier molecular flexibility index (Phi) is 6.11. The highest BCUT2D eigenvalue weighted by molar-refractivity contribution is 8.01. The van der Waals surface area contributed by atoms with E-state index in [9.17, 15) is 14.7 Å². The highest BCUT2D eigenvalue weighted by Crippen LogP contribution is 2.19. The first-order valence-corrected chi connectivity index (χ1v) is 8.38. The van der Waals surface area contributed by atoms with Crippen LogP contribution >= 0.6 is 11.8 Å². The van der Waals surface area contributed by atoms with Gasteiger partial charge in [-0.3, -0.25) is 9.59 Å². The number of amides is 1. The lowest BCUT2D eigenvalue weighted by molar-refractivity contribution is -0.136. The number of rotatable bonds is 6. The van der Waals surface area contributed by atoms with Crippen molar-refractivity contribution in [2.24, 2.45) is 0 Å². The van der Waals surface area contributed by atoms with Crippen molar-refractivity contribution in [1.82, 2.24) is 4.90 Å². The van der Waals surface area contributed by atoms with E-state index in [0.29, 0.717) is 6.42 Å². The number of carboxylic acid groups (broad SMARTS) is 1. The highest BCUT2D eigenvalue weighted by atomic mass is 32.2. The van der Waals surface area contributed by atoms with Gasteiger partial charge in [-0.2, -0.15) is 0 Å². The normalized spacial score (nSPS) is 16.5. The first kappa shape index (κ1) is 15.9. The number of aliphatic carboxylic acids is 1. The van der Waals surface area contributed by atoms with E-state index in [1.54, 1.807) is 0 Å². The molecule has 21 heavy (non-hydrogen) atoms. The van der Waals surface area contributed by atoms with Gasteiger partial charge in [0, 0.05) is 13.1 Å². The van der Waals surface area contributed by atoms with Crippen molar-refractivity contribution in [1.29, 1.82) is 0 Å². The van der Waals surface area contributed by atoms with Gasteiger partial charge in [0.2, 0.25) is 5.91 Å². The summed E-state index contributed by atoms with van der Waals surface area (Å²) in [7, 11) is 0. The van der Waals surface area contributed by atoms with E-state index in [0.717, 1.165) is 31.5 Å². The fraction of sp³-hybridized carbons (Fsp3) is 0.500. The van der Waals surface area contributed by atoms with Crippen molar-refractivity contribution in [3.8, 4) is 0 Å². The number of benzene rings is 1. The Morgan fingerprint density at radius 3 is 2.43 bits per heavy atom. The Balaban J connectivity index is 1.85. The van der Waals surface area contributed by atoms with Crippen LogP contribution < -0.4 is 0 Å². The lowest BCUT2D eigenvalue weighted by Gasteiger charge is -2.27. The smallest absolute Gasteiger partial charge is 0.316 e. The Morgan fingerprint density at radius 1 is 1.14 bits per heavy atom. The Hall–Kier alpha value is -1.49. The molecule has 1 aromatic rings. The van der Waals surface area contributed by atoms with Crippen molar-refractivity contribution in [3.05, 3.63) is 35.9 Å². The summed E-state index contributed by atoms with van der Waals surface area (Å²) in [4.78, 5) is 25.3. The first-order chi connectivity index (χ1) is 10.2. The molecule has 1 amide bonds. The molecule has 1 N–H and O–H groups in total. The summed E-state index contributed by atoms with van der Waals surface area (Å²) >= 11 is 1.24. The van der Waals surface area contributed by atoms with Gasteiger partial charge in [0.05, 0.1) is 5.75 Å². The molecule has 1 fully saturated rings. The quantitative estimate of drug-likeness (QED) is 0.877.